The quantitative estimate of drug-likeness (QED) is 0.0925. The number of benzene rings is 4. The van der Waals surface area contributed by atoms with Crippen LogP contribution in [0.1, 0.15) is 46.0 Å². The second-order valence-corrected chi connectivity index (χ2v) is 16.7. The summed E-state index contributed by atoms with van der Waals surface area (Å²) < 4.78 is 23.8. The van der Waals surface area contributed by atoms with E-state index in [1.807, 2.05) is 70.5 Å². The molecule has 0 aliphatic carbocycles. The van der Waals surface area contributed by atoms with Crippen LogP contribution in [-0.2, 0) is 34.0 Å². The second kappa shape index (κ2) is 20.2. The summed E-state index contributed by atoms with van der Waals surface area (Å²) in [6.45, 7) is 0.257. The monoisotopic (exact) mass is 934 g/mol. The molecular weight excluding hydrogens is 885 g/mol. The molecule has 0 radical (unpaired) electrons. The lowest BCUT2D eigenvalue weighted by molar-refractivity contribution is -0.179. The van der Waals surface area contributed by atoms with Crippen LogP contribution in [-0.4, -0.2) is 127 Å². The van der Waals surface area contributed by atoms with Crippen molar-refractivity contribution in [2.24, 2.45) is 11.7 Å². The van der Waals surface area contributed by atoms with Crippen LogP contribution in [0.15, 0.2) is 122 Å². The number of nitrogens with zero attached hydrogens (tertiary/aromatic N) is 6. The van der Waals surface area contributed by atoms with Crippen LogP contribution < -0.4 is 25.6 Å². The summed E-state index contributed by atoms with van der Waals surface area (Å²) in [6.07, 6.45) is 1.29. The number of carbonyl (C=O) groups is 5. The van der Waals surface area contributed by atoms with Crippen LogP contribution in [0.3, 0.4) is 0 Å². The summed E-state index contributed by atoms with van der Waals surface area (Å²) in [5.74, 6) is 3.00. The summed E-state index contributed by atoms with van der Waals surface area (Å²) >= 11 is 0. The molecule has 4 aromatic carbocycles. The molecule has 1 aromatic heterocycles. The van der Waals surface area contributed by atoms with Crippen molar-refractivity contribution < 1.29 is 48.0 Å². The molecule has 5 amide bonds. The van der Waals surface area contributed by atoms with Gasteiger partial charge in [-0.3, -0.25) is 19.3 Å². The number of morpholine rings is 1. The maximum absolute atomic E-state index is 16.5. The number of fused-ring (bicyclic) bond motifs is 3. The molecule has 9 rings (SSSR count). The number of ether oxygens (including phenoxy) is 4. The number of para-hydroxylation sites is 1. The number of aromatic nitrogens is 2. The van der Waals surface area contributed by atoms with E-state index in [0.717, 1.165) is 4.90 Å². The number of rotatable bonds is 12. The first-order valence-corrected chi connectivity index (χ1v) is 22.6. The molecule has 3 saturated heterocycles. The summed E-state index contributed by atoms with van der Waals surface area (Å²) in [4.78, 5) is 89.7. The smallest absolute Gasteiger partial charge is 0.421 e. The lowest BCUT2D eigenvalue weighted by Crippen LogP contribution is -2.59. The number of imide groups is 1. The highest BCUT2D eigenvalue weighted by atomic mass is 16.6. The van der Waals surface area contributed by atoms with Gasteiger partial charge in [0.1, 0.15) is 36.5 Å². The topological polar surface area (TPSA) is 219 Å². The Hall–Kier alpha value is -7.85. The van der Waals surface area contributed by atoms with Gasteiger partial charge >= 0.3 is 18.1 Å². The van der Waals surface area contributed by atoms with Gasteiger partial charge in [0.15, 0.2) is 0 Å². The molecule has 4 aliphatic rings. The van der Waals surface area contributed by atoms with E-state index in [-0.39, 0.29) is 63.1 Å². The highest BCUT2D eigenvalue weighted by Crippen LogP contribution is 2.67. The summed E-state index contributed by atoms with van der Waals surface area (Å²) in [7, 11) is 1.45. The Morgan fingerprint density at radius 1 is 0.855 bits per heavy atom. The first-order chi connectivity index (χ1) is 33.7. The zero-order valence-electron chi connectivity index (χ0n) is 37.7. The number of amides is 5. The van der Waals surface area contributed by atoms with Crippen LogP contribution in [0.4, 0.5) is 21.2 Å². The predicted molar refractivity (Wildman–Crippen MR) is 249 cm³/mol. The third kappa shape index (κ3) is 8.56. The number of methoxy groups -OCH3 is 1. The Kier molecular flexibility index (Phi) is 13.5. The number of aliphatic hydroxyl groups excluding tert-OH is 1. The van der Waals surface area contributed by atoms with E-state index in [9.17, 15) is 14.7 Å². The van der Waals surface area contributed by atoms with Crippen molar-refractivity contribution in [3.63, 3.8) is 0 Å². The van der Waals surface area contributed by atoms with Crippen molar-refractivity contribution in [1.82, 2.24) is 25.1 Å². The molecule has 5 heterocycles. The van der Waals surface area contributed by atoms with Gasteiger partial charge in [0.2, 0.25) is 17.8 Å². The van der Waals surface area contributed by atoms with Crippen LogP contribution in [0, 0.1) is 17.8 Å². The Labute approximate surface area is 397 Å². The minimum Gasteiger partial charge on any atom is -0.491 e. The molecule has 4 N–H and O–H groups in total. The van der Waals surface area contributed by atoms with Gasteiger partial charge in [0, 0.05) is 56.8 Å². The number of hydrogen-bond acceptors (Lipinski definition) is 14. The summed E-state index contributed by atoms with van der Waals surface area (Å²) in [5, 5.41) is 12.5. The van der Waals surface area contributed by atoms with E-state index in [0.29, 0.717) is 41.3 Å². The SMILES string of the molecule is COCCOC(=O)N1C(=O)[C@@]2(c3cc(C#CCNC(N)=O)ccc31)[C@H](C(=O)N1CCN(c3ncccn3)CC1)[C@H]1C(=O)O[C@H](c3ccccc3)[C@H](c3ccccc3)N1[C@@H]2c1ccccc1OCCO. The first kappa shape index (κ1) is 46.3. The van der Waals surface area contributed by atoms with Crippen molar-refractivity contribution in [2.45, 2.75) is 29.6 Å². The molecule has 1 spiro atoms. The standard InChI is InChI=1S/C51H50N8O10/c1-66-30-31-68-50(65)58-38-20-19-33(12-10-21-53-48(52)64)32-37(38)51(47(58)63)40(45(61)56-24-26-57(27-25-56)49-54-22-11-23-55-49)42-46(62)69-43(35-15-6-3-7-16-35)41(34-13-4-2-5-14-34)59(42)44(51)36-17-8-9-18-39(36)67-29-28-60/h2-9,11,13-20,22-23,32,40-44,60H,21,24-31H2,1H3,(H3,52,53,64)/t40-,41-,42-,43+,44+,51-/m0/s1. The summed E-state index contributed by atoms with van der Waals surface area (Å²) in [5.41, 5.74) is 5.66. The molecule has 4 aliphatic heterocycles. The average molecular weight is 935 g/mol. The van der Waals surface area contributed by atoms with Gasteiger partial charge in [-0.1, -0.05) is 90.7 Å². The van der Waals surface area contributed by atoms with E-state index < -0.39 is 65.5 Å². The molecular formula is C51H50N8O10. The molecule has 18 nitrogen and oxygen atoms in total. The van der Waals surface area contributed by atoms with E-state index in [1.54, 1.807) is 65.8 Å². The third-order valence-electron chi connectivity index (χ3n) is 13.0. The molecule has 69 heavy (non-hydrogen) atoms. The maximum Gasteiger partial charge on any atom is 0.421 e. The van der Waals surface area contributed by atoms with Crippen LogP contribution in [0.25, 0.3) is 0 Å². The van der Waals surface area contributed by atoms with Gasteiger partial charge in [-0.25, -0.2) is 24.5 Å². The number of nitrogens with two attached hydrogens (primary N) is 1. The van der Waals surface area contributed by atoms with Gasteiger partial charge in [0.05, 0.1) is 43.4 Å². The Morgan fingerprint density at radius 2 is 1.55 bits per heavy atom. The predicted octanol–water partition coefficient (Wildman–Crippen LogP) is 3.66. The fourth-order valence-electron chi connectivity index (χ4n) is 10.2. The van der Waals surface area contributed by atoms with Crippen molar-refractivity contribution in [3.8, 4) is 17.6 Å². The number of anilines is 2. The zero-order valence-corrected chi connectivity index (χ0v) is 37.7. The molecule has 6 atom stereocenters. The highest BCUT2D eigenvalue weighted by molar-refractivity contribution is 6.23. The van der Waals surface area contributed by atoms with E-state index >= 15 is 14.4 Å². The third-order valence-corrected chi connectivity index (χ3v) is 13.0. The molecule has 18 heteroatoms. The second-order valence-electron chi connectivity index (χ2n) is 16.7. The van der Waals surface area contributed by atoms with Crippen molar-refractivity contribution in [1.29, 1.82) is 0 Å². The van der Waals surface area contributed by atoms with Gasteiger partial charge in [0.25, 0.3) is 0 Å². The van der Waals surface area contributed by atoms with Crippen LogP contribution >= 0.6 is 0 Å². The van der Waals surface area contributed by atoms with Gasteiger partial charge in [-0.15, -0.1) is 0 Å². The number of esters is 1. The van der Waals surface area contributed by atoms with Crippen molar-refractivity contribution in [2.75, 3.05) is 76.1 Å². The minimum absolute atomic E-state index is 0.0280. The van der Waals surface area contributed by atoms with Crippen molar-refractivity contribution in [3.05, 3.63) is 149 Å². The normalized spacial score (nSPS) is 22.8. The van der Waals surface area contributed by atoms with Gasteiger partial charge < -0.3 is 44.9 Å². The van der Waals surface area contributed by atoms with Gasteiger partial charge in [-0.05, 0) is 47.0 Å². The van der Waals surface area contributed by atoms with Crippen LogP contribution in [0.2, 0.25) is 0 Å². The number of carbonyl (C=O) groups excluding carboxylic acids is 5. The molecule has 5 aromatic rings. The fourth-order valence-corrected chi connectivity index (χ4v) is 10.2. The van der Waals surface area contributed by atoms with E-state index in [1.165, 1.54) is 7.11 Å². The number of nitrogens with one attached hydrogen (secondary N) is 1. The Morgan fingerprint density at radius 3 is 2.25 bits per heavy atom. The number of piperazine rings is 1. The molecule has 354 valence electrons. The lowest BCUT2D eigenvalue weighted by atomic mass is 9.64. The number of aliphatic hydroxyl groups is 1. The maximum atomic E-state index is 16.5. The Bertz CT molecular complexity index is 2770. The average Bonchev–Trinajstić information content (AvgIpc) is 3.83. The number of urea groups is 1. The number of cyclic esters (lactones) is 1. The fraction of sp³-hybridized carbons (Fsp3) is 0.314. The summed E-state index contributed by atoms with van der Waals surface area (Å²) in [6, 6.07) is 27.9. The molecule has 3 fully saturated rings. The van der Waals surface area contributed by atoms with Crippen molar-refractivity contribution >= 4 is 41.5 Å². The highest BCUT2D eigenvalue weighted by Gasteiger charge is 2.76. The van der Waals surface area contributed by atoms with E-state index in [2.05, 4.69) is 27.1 Å². The number of hydrogen-bond donors (Lipinski definition) is 3. The van der Waals surface area contributed by atoms with Gasteiger partial charge in [-0.2, -0.15) is 0 Å². The molecule has 0 unspecified atom stereocenters. The first-order valence-electron chi connectivity index (χ1n) is 22.6. The largest absolute Gasteiger partial charge is 0.491 e. The molecule has 0 saturated carbocycles. The lowest BCUT2D eigenvalue weighted by Gasteiger charge is -2.46. The van der Waals surface area contributed by atoms with E-state index in [4.69, 9.17) is 24.7 Å². The minimum atomic E-state index is -2.13. The molecule has 0 bridgehead atoms. The number of primary amides is 1. The van der Waals surface area contributed by atoms with Crippen LogP contribution in [0.5, 0.6) is 5.75 Å². The zero-order chi connectivity index (χ0) is 48.1. The Balaban J connectivity index is 1.33.